The predicted molar refractivity (Wildman–Crippen MR) is 86.6 cm³/mol. The van der Waals surface area contributed by atoms with Crippen molar-refractivity contribution in [3.63, 3.8) is 0 Å². The van der Waals surface area contributed by atoms with Crippen LogP contribution >= 0.6 is 0 Å². The van der Waals surface area contributed by atoms with Gasteiger partial charge in [0.15, 0.2) is 0 Å². The predicted octanol–water partition coefficient (Wildman–Crippen LogP) is 0.254. The molecule has 0 spiro atoms. The van der Waals surface area contributed by atoms with Crippen LogP contribution in [0.2, 0.25) is 0 Å². The summed E-state index contributed by atoms with van der Waals surface area (Å²) in [7, 11) is 0. The van der Waals surface area contributed by atoms with Gasteiger partial charge in [0.2, 0.25) is 11.7 Å². The molecule has 0 bridgehead atoms. The summed E-state index contributed by atoms with van der Waals surface area (Å²) >= 11 is 0. The molecule has 1 fully saturated rings. The van der Waals surface area contributed by atoms with Gasteiger partial charge < -0.3 is 16.0 Å². The molecule has 1 aromatic rings. The zero-order valence-electron chi connectivity index (χ0n) is 13.2. The van der Waals surface area contributed by atoms with E-state index in [0.29, 0.717) is 32.4 Å². The summed E-state index contributed by atoms with van der Waals surface area (Å²) in [6.45, 7) is 1.77. The number of nitrogens with one attached hydrogen (secondary N) is 1. The van der Waals surface area contributed by atoms with Gasteiger partial charge in [-0.2, -0.15) is 0 Å². The Labute approximate surface area is 136 Å². The Bertz CT molecular complexity index is 559. The Balaban J connectivity index is 1.68. The van der Waals surface area contributed by atoms with Gasteiger partial charge in [-0.25, -0.2) is 0 Å². The highest BCUT2D eigenvalue weighted by atomic mass is 16.2. The zero-order valence-corrected chi connectivity index (χ0v) is 13.2. The lowest BCUT2D eigenvalue weighted by Gasteiger charge is -2.15. The topological polar surface area (TPSA) is 92.5 Å². The van der Waals surface area contributed by atoms with Crippen LogP contribution in [0.4, 0.5) is 0 Å². The van der Waals surface area contributed by atoms with E-state index in [1.54, 1.807) is 4.90 Å². The SMILES string of the molecule is N[C@@H](Cc1ccccc1)C(=O)C(=O)NCCCN1CCCC1=O. The van der Waals surface area contributed by atoms with E-state index in [1.807, 2.05) is 30.3 Å². The van der Waals surface area contributed by atoms with Crippen molar-refractivity contribution in [2.75, 3.05) is 19.6 Å². The van der Waals surface area contributed by atoms with Crippen LogP contribution in [0, 0.1) is 0 Å². The van der Waals surface area contributed by atoms with Crippen molar-refractivity contribution in [3.05, 3.63) is 35.9 Å². The average molecular weight is 317 g/mol. The average Bonchev–Trinajstić information content (AvgIpc) is 2.96. The quantitative estimate of drug-likeness (QED) is 0.531. The minimum absolute atomic E-state index is 0.164. The molecule has 0 aliphatic carbocycles. The molecule has 23 heavy (non-hydrogen) atoms. The van der Waals surface area contributed by atoms with Gasteiger partial charge in [0.1, 0.15) is 0 Å². The fourth-order valence-electron chi connectivity index (χ4n) is 2.63. The van der Waals surface area contributed by atoms with Crippen LogP contribution in [0.15, 0.2) is 30.3 Å². The lowest BCUT2D eigenvalue weighted by molar-refractivity contribution is -0.138. The van der Waals surface area contributed by atoms with E-state index in [4.69, 9.17) is 5.73 Å². The van der Waals surface area contributed by atoms with Gasteiger partial charge >= 0.3 is 0 Å². The lowest BCUT2D eigenvalue weighted by Crippen LogP contribution is -2.44. The van der Waals surface area contributed by atoms with Crippen LogP contribution in [-0.2, 0) is 20.8 Å². The van der Waals surface area contributed by atoms with Crippen LogP contribution < -0.4 is 11.1 Å². The van der Waals surface area contributed by atoms with E-state index in [1.165, 1.54) is 0 Å². The molecule has 1 aliphatic rings. The second-order valence-electron chi connectivity index (χ2n) is 5.75. The molecule has 124 valence electrons. The highest BCUT2D eigenvalue weighted by molar-refractivity contribution is 6.38. The highest BCUT2D eigenvalue weighted by Gasteiger charge is 2.22. The molecule has 1 atom stereocenters. The second kappa shape index (κ2) is 8.43. The van der Waals surface area contributed by atoms with E-state index >= 15 is 0 Å². The van der Waals surface area contributed by atoms with Crippen LogP contribution in [0.3, 0.4) is 0 Å². The maximum absolute atomic E-state index is 11.9. The van der Waals surface area contributed by atoms with Crippen molar-refractivity contribution < 1.29 is 14.4 Å². The Morgan fingerprint density at radius 2 is 2.00 bits per heavy atom. The van der Waals surface area contributed by atoms with Crippen molar-refractivity contribution in [1.29, 1.82) is 0 Å². The molecule has 1 saturated heterocycles. The minimum Gasteiger partial charge on any atom is -0.349 e. The number of hydrogen-bond donors (Lipinski definition) is 2. The lowest BCUT2D eigenvalue weighted by atomic mass is 10.0. The number of amides is 2. The van der Waals surface area contributed by atoms with Gasteiger partial charge in [0.05, 0.1) is 6.04 Å². The molecule has 2 amide bonds. The Morgan fingerprint density at radius 3 is 2.65 bits per heavy atom. The summed E-state index contributed by atoms with van der Waals surface area (Å²) in [5.41, 5.74) is 6.73. The fraction of sp³-hybridized carbons (Fsp3) is 0.471. The summed E-state index contributed by atoms with van der Waals surface area (Å²) in [4.78, 5) is 37.0. The number of carbonyl (C=O) groups is 3. The number of benzene rings is 1. The van der Waals surface area contributed by atoms with Crippen LogP contribution in [0.5, 0.6) is 0 Å². The first-order valence-corrected chi connectivity index (χ1v) is 7.97. The van der Waals surface area contributed by atoms with E-state index < -0.39 is 17.7 Å². The molecule has 0 unspecified atom stereocenters. The molecule has 0 radical (unpaired) electrons. The third-order valence-corrected chi connectivity index (χ3v) is 3.92. The number of likely N-dealkylation sites (tertiary alicyclic amines) is 1. The molecule has 0 aromatic heterocycles. The number of rotatable bonds is 8. The van der Waals surface area contributed by atoms with E-state index in [2.05, 4.69) is 5.32 Å². The maximum atomic E-state index is 11.9. The van der Waals surface area contributed by atoms with Crippen LogP contribution in [0.25, 0.3) is 0 Å². The summed E-state index contributed by atoms with van der Waals surface area (Å²) in [6.07, 6.45) is 2.49. The van der Waals surface area contributed by atoms with E-state index in [-0.39, 0.29) is 5.91 Å². The molecule has 6 heteroatoms. The summed E-state index contributed by atoms with van der Waals surface area (Å²) in [5, 5.41) is 2.58. The van der Waals surface area contributed by atoms with Gasteiger partial charge in [-0.3, -0.25) is 14.4 Å². The summed E-state index contributed by atoms with van der Waals surface area (Å²) < 4.78 is 0. The smallest absolute Gasteiger partial charge is 0.289 e. The van der Waals surface area contributed by atoms with Gasteiger partial charge in [-0.15, -0.1) is 0 Å². The summed E-state index contributed by atoms with van der Waals surface area (Å²) in [5.74, 6) is -1.09. The van der Waals surface area contributed by atoms with Gasteiger partial charge in [-0.05, 0) is 24.8 Å². The number of nitrogens with zero attached hydrogens (tertiary/aromatic N) is 1. The molecule has 2 rings (SSSR count). The number of ketones is 1. The molecule has 6 nitrogen and oxygen atoms in total. The Hall–Kier alpha value is -2.21. The van der Waals surface area contributed by atoms with Gasteiger partial charge in [-0.1, -0.05) is 30.3 Å². The molecule has 1 heterocycles. The fourth-order valence-corrected chi connectivity index (χ4v) is 2.63. The van der Waals surface area contributed by atoms with Crippen molar-refractivity contribution in [2.24, 2.45) is 5.73 Å². The highest BCUT2D eigenvalue weighted by Crippen LogP contribution is 2.09. The van der Waals surface area contributed by atoms with Gasteiger partial charge in [0.25, 0.3) is 5.91 Å². The standard InChI is InChI=1S/C17H23N3O3/c18-14(12-13-6-2-1-3-7-13)16(22)17(23)19-9-5-11-20-10-4-8-15(20)21/h1-3,6-7,14H,4-5,8-12,18H2,(H,19,23)/t14-/m0/s1. The maximum Gasteiger partial charge on any atom is 0.289 e. The third kappa shape index (κ3) is 5.17. The van der Waals surface area contributed by atoms with Gasteiger partial charge in [0, 0.05) is 26.1 Å². The Kier molecular flexibility index (Phi) is 6.29. The van der Waals surface area contributed by atoms with E-state index in [0.717, 1.165) is 18.5 Å². The monoisotopic (exact) mass is 317 g/mol. The number of carbonyl (C=O) groups excluding carboxylic acids is 3. The minimum atomic E-state index is -0.836. The number of hydrogen-bond acceptors (Lipinski definition) is 4. The van der Waals surface area contributed by atoms with Crippen LogP contribution in [-0.4, -0.2) is 48.2 Å². The molecule has 1 aliphatic heterocycles. The van der Waals surface area contributed by atoms with Crippen LogP contribution in [0.1, 0.15) is 24.8 Å². The zero-order chi connectivity index (χ0) is 16.7. The van der Waals surface area contributed by atoms with Crippen molar-refractivity contribution in [1.82, 2.24) is 10.2 Å². The Morgan fingerprint density at radius 1 is 1.26 bits per heavy atom. The molecule has 0 saturated carbocycles. The molecule has 3 N–H and O–H groups in total. The number of Topliss-reactive ketones (excluding diaryl/α,β-unsaturated/α-hetero) is 1. The first-order valence-electron chi connectivity index (χ1n) is 7.97. The summed E-state index contributed by atoms with van der Waals surface area (Å²) in [6, 6.07) is 8.53. The number of nitrogens with two attached hydrogens (primary N) is 1. The third-order valence-electron chi connectivity index (χ3n) is 3.92. The van der Waals surface area contributed by atoms with E-state index in [9.17, 15) is 14.4 Å². The van der Waals surface area contributed by atoms with Crippen molar-refractivity contribution >= 4 is 17.6 Å². The molecular weight excluding hydrogens is 294 g/mol. The largest absolute Gasteiger partial charge is 0.349 e. The first kappa shape index (κ1) is 17.1. The normalized spacial score (nSPS) is 15.5. The first-order chi connectivity index (χ1) is 11.1. The van der Waals surface area contributed by atoms with Crippen molar-refractivity contribution in [2.45, 2.75) is 31.7 Å². The molecule has 1 aromatic carbocycles. The van der Waals surface area contributed by atoms with Crippen molar-refractivity contribution in [3.8, 4) is 0 Å². The second-order valence-corrected chi connectivity index (χ2v) is 5.75. The molecular formula is C17H23N3O3.